The first kappa shape index (κ1) is 13.7. The van der Waals surface area contributed by atoms with Crippen molar-refractivity contribution in [1.29, 1.82) is 0 Å². The molecular weight excluding hydrogens is 265 g/mol. The molecular formula is C13H16FN3OS. The van der Waals surface area contributed by atoms with Crippen LogP contribution in [0.1, 0.15) is 19.3 Å². The maximum Gasteiger partial charge on any atom is 0.322 e. The second kappa shape index (κ2) is 5.97. The number of amides is 2. The second-order valence-electron chi connectivity index (χ2n) is 4.55. The van der Waals surface area contributed by atoms with E-state index in [1.807, 2.05) is 0 Å². The number of hydrogen-bond donors (Lipinski definition) is 2. The van der Waals surface area contributed by atoms with Crippen molar-refractivity contribution in [3.8, 4) is 0 Å². The van der Waals surface area contributed by atoms with Crippen LogP contribution in [0.25, 0.3) is 0 Å². The summed E-state index contributed by atoms with van der Waals surface area (Å²) in [6, 6.07) is 6.02. The van der Waals surface area contributed by atoms with Gasteiger partial charge in [0.05, 0.1) is 10.7 Å². The summed E-state index contributed by atoms with van der Waals surface area (Å²) in [6.45, 7) is 0.473. The molecule has 0 aromatic heterocycles. The Morgan fingerprint density at radius 1 is 1.47 bits per heavy atom. The Labute approximate surface area is 116 Å². The molecule has 0 unspecified atom stereocenters. The van der Waals surface area contributed by atoms with E-state index in [0.717, 1.165) is 12.8 Å². The van der Waals surface area contributed by atoms with E-state index in [1.54, 1.807) is 17.0 Å². The Hall–Kier alpha value is -1.69. The number of carbonyl (C=O) groups excluding carboxylic acids is 1. The number of urea groups is 1. The van der Waals surface area contributed by atoms with E-state index in [0.29, 0.717) is 18.0 Å². The molecule has 0 radical (unpaired) electrons. The van der Waals surface area contributed by atoms with Gasteiger partial charge in [0.2, 0.25) is 0 Å². The van der Waals surface area contributed by atoms with E-state index < -0.39 is 5.82 Å². The van der Waals surface area contributed by atoms with Crippen LogP contribution in [0.15, 0.2) is 24.3 Å². The van der Waals surface area contributed by atoms with Crippen LogP contribution in [0, 0.1) is 5.82 Å². The third-order valence-electron chi connectivity index (χ3n) is 2.96. The highest BCUT2D eigenvalue weighted by Crippen LogP contribution is 2.27. The van der Waals surface area contributed by atoms with Gasteiger partial charge in [0.15, 0.2) is 0 Å². The molecule has 0 atom stereocenters. The van der Waals surface area contributed by atoms with Crippen LogP contribution < -0.4 is 11.1 Å². The summed E-state index contributed by atoms with van der Waals surface area (Å²) >= 11 is 4.82. The van der Waals surface area contributed by atoms with Crippen molar-refractivity contribution in [3.05, 3.63) is 30.1 Å². The van der Waals surface area contributed by atoms with Crippen LogP contribution in [0.2, 0.25) is 0 Å². The number of nitrogens with two attached hydrogens (primary N) is 1. The monoisotopic (exact) mass is 281 g/mol. The number of anilines is 1. The lowest BCUT2D eigenvalue weighted by Crippen LogP contribution is -2.38. The van der Waals surface area contributed by atoms with Gasteiger partial charge in [0.1, 0.15) is 5.82 Å². The number of carbonyl (C=O) groups is 1. The number of halogens is 1. The van der Waals surface area contributed by atoms with Crippen LogP contribution in [0.5, 0.6) is 0 Å². The topological polar surface area (TPSA) is 58.4 Å². The number of para-hydroxylation sites is 1. The average molecular weight is 281 g/mol. The molecule has 6 heteroatoms. The van der Waals surface area contributed by atoms with Crippen molar-refractivity contribution in [3.63, 3.8) is 0 Å². The number of nitrogens with one attached hydrogen (secondary N) is 1. The zero-order chi connectivity index (χ0) is 13.8. The van der Waals surface area contributed by atoms with Gasteiger partial charge in [-0.2, -0.15) is 0 Å². The molecule has 1 aliphatic rings. The number of hydrogen-bond acceptors (Lipinski definition) is 2. The number of benzene rings is 1. The van der Waals surface area contributed by atoms with Crippen molar-refractivity contribution in [1.82, 2.24) is 4.90 Å². The van der Waals surface area contributed by atoms with Gasteiger partial charge in [-0.25, -0.2) is 9.18 Å². The highest BCUT2D eigenvalue weighted by molar-refractivity contribution is 7.80. The van der Waals surface area contributed by atoms with E-state index >= 15 is 0 Å². The molecule has 1 fully saturated rings. The highest BCUT2D eigenvalue weighted by atomic mass is 32.1. The highest BCUT2D eigenvalue weighted by Gasteiger charge is 2.32. The number of nitrogens with zero attached hydrogens (tertiary/aromatic N) is 1. The number of thiocarbonyl (C=S) groups is 1. The van der Waals surface area contributed by atoms with E-state index in [9.17, 15) is 9.18 Å². The Kier molecular flexibility index (Phi) is 4.31. The van der Waals surface area contributed by atoms with Crippen molar-refractivity contribution in [2.75, 3.05) is 11.9 Å². The van der Waals surface area contributed by atoms with Gasteiger partial charge >= 0.3 is 6.03 Å². The van der Waals surface area contributed by atoms with Crippen molar-refractivity contribution in [2.24, 2.45) is 5.73 Å². The Morgan fingerprint density at radius 2 is 2.16 bits per heavy atom. The molecule has 3 N–H and O–H groups in total. The Bertz CT molecular complexity index is 491. The predicted octanol–water partition coefficient (Wildman–Crippen LogP) is 2.50. The molecule has 1 aromatic rings. The SMILES string of the molecule is NC(=S)CCN(C(=O)Nc1ccccc1F)C1CC1. The quantitative estimate of drug-likeness (QED) is 0.815. The molecule has 0 saturated heterocycles. The molecule has 19 heavy (non-hydrogen) atoms. The van der Waals surface area contributed by atoms with Crippen LogP contribution in [0.4, 0.5) is 14.9 Å². The van der Waals surface area contributed by atoms with E-state index in [-0.39, 0.29) is 17.8 Å². The van der Waals surface area contributed by atoms with Gasteiger partial charge in [-0.3, -0.25) is 0 Å². The predicted molar refractivity (Wildman–Crippen MR) is 76.5 cm³/mol. The van der Waals surface area contributed by atoms with Crippen LogP contribution in [0.3, 0.4) is 0 Å². The summed E-state index contributed by atoms with van der Waals surface area (Å²) < 4.78 is 13.5. The first-order chi connectivity index (χ1) is 9.08. The molecule has 1 aliphatic carbocycles. The van der Waals surface area contributed by atoms with Crippen molar-refractivity contribution in [2.45, 2.75) is 25.3 Å². The molecule has 102 valence electrons. The van der Waals surface area contributed by atoms with E-state index in [4.69, 9.17) is 18.0 Å². The lowest BCUT2D eigenvalue weighted by molar-refractivity contribution is 0.210. The summed E-state index contributed by atoms with van der Waals surface area (Å²) in [5.74, 6) is -0.444. The molecule has 1 saturated carbocycles. The van der Waals surface area contributed by atoms with Crippen LogP contribution in [-0.2, 0) is 0 Å². The smallest absolute Gasteiger partial charge is 0.322 e. The molecule has 0 heterocycles. The molecule has 2 amide bonds. The number of rotatable bonds is 5. The van der Waals surface area contributed by atoms with Crippen LogP contribution in [-0.4, -0.2) is 28.5 Å². The normalized spacial score (nSPS) is 13.9. The molecule has 0 spiro atoms. The fourth-order valence-corrected chi connectivity index (χ4v) is 1.91. The van der Waals surface area contributed by atoms with Gasteiger partial charge in [-0.05, 0) is 25.0 Å². The van der Waals surface area contributed by atoms with Crippen molar-refractivity contribution >= 4 is 28.9 Å². The van der Waals surface area contributed by atoms with Crippen LogP contribution >= 0.6 is 12.2 Å². The zero-order valence-corrected chi connectivity index (χ0v) is 11.3. The Balaban J connectivity index is 1.99. The summed E-state index contributed by atoms with van der Waals surface area (Å²) in [6.07, 6.45) is 2.43. The standard InChI is InChI=1S/C13H16FN3OS/c14-10-3-1-2-4-11(10)16-13(18)17(9-5-6-9)8-7-12(15)19/h1-4,9H,5-8H2,(H2,15,19)(H,16,18). The minimum absolute atomic E-state index is 0.188. The van der Waals surface area contributed by atoms with Gasteiger partial charge in [0.25, 0.3) is 0 Å². The molecule has 2 rings (SSSR count). The van der Waals surface area contributed by atoms with Gasteiger partial charge in [0, 0.05) is 19.0 Å². The first-order valence-electron chi connectivity index (χ1n) is 6.18. The second-order valence-corrected chi connectivity index (χ2v) is 5.08. The lowest BCUT2D eigenvalue weighted by Gasteiger charge is -2.22. The fourth-order valence-electron chi connectivity index (χ4n) is 1.82. The van der Waals surface area contributed by atoms with Crippen molar-refractivity contribution < 1.29 is 9.18 Å². The summed E-state index contributed by atoms with van der Waals surface area (Å²) in [5.41, 5.74) is 5.64. The van der Waals surface area contributed by atoms with Gasteiger partial charge in [-0.15, -0.1) is 0 Å². The fraction of sp³-hybridized carbons (Fsp3) is 0.385. The molecule has 0 aliphatic heterocycles. The Morgan fingerprint density at radius 3 is 2.74 bits per heavy atom. The average Bonchev–Trinajstić information content (AvgIpc) is 3.16. The summed E-state index contributed by atoms with van der Waals surface area (Å²) in [5, 5.41) is 2.58. The lowest BCUT2D eigenvalue weighted by atomic mass is 10.3. The van der Waals surface area contributed by atoms with E-state index in [1.165, 1.54) is 12.1 Å². The van der Waals surface area contributed by atoms with E-state index in [2.05, 4.69) is 5.32 Å². The molecule has 0 bridgehead atoms. The summed E-state index contributed by atoms with van der Waals surface area (Å²) in [7, 11) is 0. The third kappa shape index (κ3) is 3.89. The van der Waals surface area contributed by atoms with Gasteiger partial charge < -0.3 is 16.0 Å². The first-order valence-corrected chi connectivity index (χ1v) is 6.59. The minimum atomic E-state index is -0.444. The third-order valence-corrected chi connectivity index (χ3v) is 3.17. The molecule has 4 nitrogen and oxygen atoms in total. The maximum atomic E-state index is 13.5. The summed E-state index contributed by atoms with van der Waals surface area (Å²) in [4.78, 5) is 14.2. The molecule has 1 aromatic carbocycles. The zero-order valence-electron chi connectivity index (χ0n) is 10.4. The minimum Gasteiger partial charge on any atom is -0.393 e. The largest absolute Gasteiger partial charge is 0.393 e. The van der Waals surface area contributed by atoms with Gasteiger partial charge in [-0.1, -0.05) is 24.4 Å². The maximum absolute atomic E-state index is 13.5.